The van der Waals surface area contributed by atoms with Gasteiger partial charge in [-0.1, -0.05) is 12.1 Å². The molecule has 3 heteroatoms. The van der Waals surface area contributed by atoms with Crippen molar-refractivity contribution < 1.29 is 9.13 Å². The summed E-state index contributed by atoms with van der Waals surface area (Å²) in [5, 5.41) is 0. The van der Waals surface area contributed by atoms with Crippen molar-refractivity contribution in [1.82, 2.24) is 4.90 Å². The average molecular weight is 194 g/mol. The van der Waals surface area contributed by atoms with Crippen LogP contribution in [0, 0.1) is 11.9 Å². The topological polar surface area (TPSA) is 12.5 Å². The molecule has 0 unspecified atom stereocenters. The largest absolute Gasteiger partial charge is 0.379 e. The fraction of sp³-hybridized carbons (Fsp3) is 0.455. The van der Waals surface area contributed by atoms with E-state index in [0.717, 1.165) is 31.9 Å². The van der Waals surface area contributed by atoms with Crippen LogP contribution in [0.1, 0.15) is 5.56 Å². The molecule has 0 aliphatic carbocycles. The van der Waals surface area contributed by atoms with Crippen LogP contribution in [-0.4, -0.2) is 31.2 Å². The van der Waals surface area contributed by atoms with Crippen LogP contribution in [0.5, 0.6) is 0 Å². The highest BCUT2D eigenvalue weighted by atomic mass is 19.1. The standard InChI is InChI=1S/C11H13FNO/c12-11-4-2-1-3-10(11)9-13-5-7-14-8-6-13/h1,3-4H,5-9H2. The van der Waals surface area contributed by atoms with E-state index in [1.54, 1.807) is 12.1 Å². The lowest BCUT2D eigenvalue weighted by atomic mass is 10.2. The van der Waals surface area contributed by atoms with Crippen LogP contribution in [0.15, 0.2) is 18.2 Å². The molecule has 0 spiro atoms. The molecule has 0 saturated carbocycles. The molecule has 75 valence electrons. The molecule has 2 rings (SSSR count). The molecule has 1 saturated heterocycles. The fourth-order valence-corrected chi connectivity index (χ4v) is 1.57. The zero-order valence-corrected chi connectivity index (χ0v) is 8.00. The minimum Gasteiger partial charge on any atom is -0.379 e. The van der Waals surface area contributed by atoms with Crippen LogP contribution in [0.25, 0.3) is 0 Å². The number of ether oxygens (including phenoxy) is 1. The van der Waals surface area contributed by atoms with Crippen molar-refractivity contribution in [2.24, 2.45) is 0 Å². The number of rotatable bonds is 2. The molecule has 1 aromatic rings. The van der Waals surface area contributed by atoms with Crippen molar-refractivity contribution in [1.29, 1.82) is 0 Å². The van der Waals surface area contributed by atoms with Crippen molar-refractivity contribution in [3.63, 3.8) is 0 Å². The van der Waals surface area contributed by atoms with E-state index in [-0.39, 0.29) is 5.82 Å². The van der Waals surface area contributed by atoms with E-state index in [1.807, 2.05) is 0 Å². The van der Waals surface area contributed by atoms with Gasteiger partial charge in [0.15, 0.2) is 0 Å². The number of hydrogen-bond acceptors (Lipinski definition) is 2. The summed E-state index contributed by atoms with van der Waals surface area (Å²) in [5.74, 6) is -0.168. The van der Waals surface area contributed by atoms with Crippen molar-refractivity contribution in [2.45, 2.75) is 6.54 Å². The van der Waals surface area contributed by atoms with Gasteiger partial charge >= 0.3 is 0 Å². The van der Waals surface area contributed by atoms with Crippen LogP contribution in [0.4, 0.5) is 4.39 Å². The Morgan fingerprint density at radius 3 is 2.93 bits per heavy atom. The third-order valence-corrected chi connectivity index (χ3v) is 2.40. The molecule has 0 atom stereocenters. The molecule has 14 heavy (non-hydrogen) atoms. The van der Waals surface area contributed by atoms with Crippen molar-refractivity contribution in [3.8, 4) is 0 Å². The maximum absolute atomic E-state index is 13.3. The zero-order chi connectivity index (χ0) is 9.80. The third-order valence-electron chi connectivity index (χ3n) is 2.40. The van der Waals surface area contributed by atoms with E-state index in [0.29, 0.717) is 6.54 Å². The van der Waals surface area contributed by atoms with Crippen molar-refractivity contribution >= 4 is 0 Å². The first-order chi connectivity index (χ1) is 6.86. The Hall–Kier alpha value is -0.930. The lowest BCUT2D eigenvalue weighted by molar-refractivity contribution is 0.0337. The molecular formula is C11H13FNO. The van der Waals surface area contributed by atoms with Gasteiger partial charge in [0.25, 0.3) is 0 Å². The Morgan fingerprint density at radius 2 is 2.21 bits per heavy atom. The first-order valence-electron chi connectivity index (χ1n) is 4.81. The van der Waals surface area contributed by atoms with Crippen molar-refractivity contribution in [3.05, 3.63) is 35.6 Å². The third kappa shape index (κ3) is 2.30. The highest BCUT2D eigenvalue weighted by Crippen LogP contribution is 2.10. The van der Waals surface area contributed by atoms with Crippen molar-refractivity contribution in [2.75, 3.05) is 26.3 Å². The first kappa shape index (κ1) is 9.62. The van der Waals surface area contributed by atoms with Gasteiger partial charge in [-0.25, -0.2) is 4.39 Å². The molecule has 1 aromatic carbocycles. The molecule has 1 fully saturated rings. The van der Waals surface area contributed by atoms with Gasteiger partial charge < -0.3 is 4.74 Å². The minimum absolute atomic E-state index is 0.168. The van der Waals surface area contributed by atoms with Gasteiger partial charge in [-0.2, -0.15) is 0 Å². The molecule has 0 N–H and O–H groups in total. The Kier molecular flexibility index (Phi) is 3.11. The molecule has 2 nitrogen and oxygen atoms in total. The highest BCUT2D eigenvalue weighted by molar-refractivity contribution is 5.16. The molecule has 1 aliphatic heterocycles. The summed E-state index contributed by atoms with van der Waals surface area (Å²) in [7, 11) is 0. The summed E-state index contributed by atoms with van der Waals surface area (Å²) in [6.07, 6.45) is 0. The molecule has 0 amide bonds. The van der Waals surface area contributed by atoms with Gasteiger partial charge in [-0.3, -0.25) is 4.90 Å². The van der Waals surface area contributed by atoms with E-state index >= 15 is 0 Å². The maximum Gasteiger partial charge on any atom is 0.128 e. The van der Waals surface area contributed by atoms with Crippen LogP contribution >= 0.6 is 0 Å². The second kappa shape index (κ2) is 4.53. The number of hydrogen-bond donors (Lipinski definition) is 0. The molecule has 1 heterocycles. The fourth-order valence-electron chi connectivity index (χ4n) is 1.57. The quantitative estimate of drug-likeness (QED) is 0.706. The van der Waals surface area contributed by atoms with Gasteiger partial charge in [0.1, 0.15) is 5.82 Å². The molecular weight excluding hydrogens is 181 g/mol. The van der Waals surface area contributed by atoms with Gasteiger partial charge in [0.05, 0.1) is 13.2 Å². The molecule has 1 aliphatic rings. The lowest BCUT2D eigenvalue weighted by Crippen LogP contribution is -2.35. The SMILES string of the molecule is Fc1c[c]ccc1CN1CCOCC1. The predicted octanol–water partition coefficient (Wildman–Crippen LogP) is 1.46. The van der Waals surface area contributed by atoms with Gasteiger partial charge in [-0.15, -0.1) is 0 Å². The zero-order valence-electron chi connectivity index (χ0n) is 8.00. The number of morpholine rings is 1. The Bertz CT molecular complexity index is 297. The van der Waals surface area contributed by atoms with E-state index < -0.39 is 0 Å². The summed E-state index contributed by atoms with van der Waals surface area (Å²) >= 11 is 0. The Balaban J connectivity index is 1.99. The number of halogens is 1. The normalized spacial score (nSPS) is 18.4. The highest BCUT2D eigenvalue weighted by Gasteiger charge is 2.12. The van der Waals surface area contributed by atoms with Crippen LogP contribution in [-0.2, 0) is 11.3 Å². The molecule has 0 bridgehead atoms. The predicted molar refractivity (Wildman–Crippen MR) is 51.3 cm³/mol. The molecule has 1 radical (unpaired) electrons. The number of nitrogens with zero attached hydrogens (tertiary/aromatic N) is 1. The van der Waals surface area contributed by atoms with E-state index in [2.05, 4.69) is 11.0 Å². The molecule has 0 aromatic heterocycles. The average Bonchev–Trinajstić information content (AvgIpc) is 2.23. The Morgan fingerprint density at radius 1 is 1.43 bits per heavy atom. The summed E-state index contributed by atoms with van der Waals surface area (Å²) in [6.45, 7) is 3.95. The van der Waals surface area contributed by atoms with E-state index in [9.17, 15) is 4.39 Å². The summed E-state index contributed by atoms with van der Waals surface area (Å²) < 4.78 is 18.5. The maximum atomic E-state index is 13.3. The van der Waals surface area contributed by atoms with Gasteiger partial charge in [-0.05, 0) is 12.1 Å². The van der Waals surface area contributed by atoms with Gasteiger partial charge in [0, 0.05) is 25.2 Å². The first-order valence-corrected chi connectivity index (χ1v) is 4.81. The number of benzene rings is 1. The van der Waals surface area contributed by atoms with E-state index in [1.165, 1.54) is 6.07 Å². The minimum atomic E-state index is -0.168. The lowest BCUT2D eigenvalue weighted by Gasteiger charge is -2.26. The van der Waals surface area contributed by atoms with Crippen LogP contribution in [0.2, 0.25) is 0 Å². The van der Waals surface area contributed by atoms with Crippen LogP contribution < -0.4 is 0 Å². The van der Waals surface area contributed by atoms with Gasteiger partial charge in [0.2, 0.25) is 0 Å². The summed E-state index contributed by atoms with van der Waals surface area (Å²) in [5.41, 5.74) is 0.741. The van der Waals surface area contributed by atoms with E-state index in [4.69, 9.17) is 4.74 Å². The second-order valence-electron chi connectivity index (χ2n) is 3.41. The Labute approximate surface area is 83.3 Å². The monoisotopic (exact) mass is 194 g/mol. The smallest absolute Gasteiger partial charge is 0.128 e. The second-order valence-corrected chi connectivity index (χ2v) is 3.41. The summed E-state index contributed by atoms with van der Waals surface area (Å²) in [4.78, 5) is 2.20. The summed E-state index contributed by atoms with van der Waals surface area (Å²) in [6, 6.07) is 7.64. The van der Waals surface area contributed by atoms with Crippen LogP contribution in [0.3, 0.4) is 0 Å².